The molecule has 0 bridgehead atoms. The number of carbonyl (C=O) groups excluding carboxylic acids is 1. The van der Waals surface area contributed by atoms with Gasteiger partial charge in [0.1, 0.15) is 5.75 Å². The number of benzene rings is 1. The van der Waals surface area contributed by atoms with Gasteiger partial charge >= 0.3 is 0 Å². The van der Waals surface area contributed by atoms with Gasteiger partial charge in [0.05, 0.1) is 18.6 Å². The summed E-state index contributed by atoms with van der Waals surface area (Å²) in [5.41, 5.74) is 0.922. The monoisotopic (exact) mass is 374 g/mol. The van der Waals surface area contributed by atoms with Gasteiger partial charge in [-0.1, -0.05) is 30.8 Å². The number of piperidine rings is 1. The van der Waals surface area contributed by atoms with Crippen molar-refractivity contribution in [3.05, 3.63) is 29.8 Å². The number of carbonyl (C=O) groups is 1. The van der Waals surface area contributed by atoms with Gasteiger partial charge in [0.25, 0.3) is 0 Å². The fourth-order valence-corrected chi connectivity index (χ4v) is 3.81. The maximum Gasteiger partial charge on any atom is 0.236 e. The Kier molecular flexibility index (Phi) is 7.08. The first-order valence-electron chi connectivity index (χ1n) is 9.18. The highest BCUT2D eigenvalue weighted by molar-refractivity contribution is 8.15. The second-order valence-electron chi connectivity index (χ2n) is 6.81. The molecule has 26 heavy (non-hydrogen) atoms. The maximum atomic E-state index is 11.1. The van der Waals surface area contributed by atoms with Crippen molar-refractivity contribution >= 4 is 29.1 Å². The summed E-state index contributed by atoms with van der Waals surface area (Å²) >= 11 is 1.36. The summed E-state index contributed by atoms with van der Waals surface area (Å²) in [5, 5.41) is 11.2. The SMILES string of the molecule is CC1CCCN(CCCOc2cccc(C=NN=C3NC(=O)CS3)c2)C1. The minimum absolute atomic E-state index is 0.0293. The number of hydrogen-bond acceptors (Lipinski definition) is 6. The summed E-state index contributed by atoms with van der Waals surface area (Å²) < 4.78 is 5.87. The summed E-state index contributed by atoms with van der Waals surface area (Å²) in [5.74, 6) is 2.05. The Morgan fingerprint density at radius 1 is 1.46 bits per heavy atom. The smallest absolute Gasteiger partial charge is 0.236 e. The molecule has 2 aliphatic rings. The van der Waals surface area contributed by atoms with E-state index in [1.165, 1.54) is 37.7 Å². The number of nitrogens with one attached hydrogen (secondary N) is 1. The Morgan fingerprint density at radius 3 is 3.19 bits per heavy atom. The van der Waals surface area contributed by atoms with Crippen LogP contribution in [0, 0.1) is 5.92 Å². The Hall–Kier alpha value is -1.86. The van der Waals surface area contributed by atoms with E-state index in [1.807, 2.05) is 24.3 Å². The van der Waals surface area contributed by atoms with Crippen molar-refractivity contribution in [2.75, 3.05) is 32.0 Å². The van der Waals surface area contributed by atoms with Crippen LogP contribution in [0.2, 0.25) is 0 Å². The molecule has 6 nitrogen and oxygen atoms in total. The van der Waals surface area contributed by atoms with E-state index in [0.29, 0.717) is 10.9 Å². The van der Waals surface area contributed by atoms with Crippen LogP contribution in [0.5, 0.6) is 5.75 Å². The molecule has 0 aromatic heterocycles. The third-order valence-corrected chi connectivity index (χ3v) is 5.29. The molecular weight excluding hydrogens is 348 g/mol. The fraction of sp³-hybridized carbons (Fsp3) is 0.526. The number of ether oxygens (including phenoxy) is 1. The molecule has 1 aromatic rings. The summed E-state index contributed by atoms with van der Waals surface area (Å²) in [6.07, 6.45) is 5.38. The van der Waals surface area contributed by atoms with Crippen LogP contribution in [0.3, 0.4) is 0 Å². The molecule has 2 saturated heterocycles. The molecule has 0 radical (unpaired) electrons. The summed E-state index contributed by atoms with van der Waals surface area (Å²) in [4.78, 5) is 13.6. The number of rotatable bonds is 7. The van der Waals surface area contributed by atoms with E-state index in [0.717, 1.165) is 36.8 Å². The van der Waals surface area contributed by atoms with Gasteiger partial charge < -0.3 is 15.0 Å². The van der Waals surface area contributed by atoms with Crippen LogP contribution in [-0.2, 0) is 4.79 Å². The van der Waals surface area contributed by atoms with Crippen molar-refractivity contribution in [1.29, 1.82) is 0 Å². The lowest BCUT2D eigenvalue weighted by atomic mass is 10.0. The first kappa shape index (κ1) is 18.9. The molecule has 7 heteroatoms. The predicted octanol–water partition coefficient (Wildman–Crippen LogP) is 2.74. The van der Waals surface area contributed by atoms with Crippen LogP contribution in [-0.4, -0.2) is 54.2 Å². The van der Waals surface area contributed by atoms with Gasteiger partial charge in [-0.2, -0.15) is 5.10 Å². The molecule has 0 spiro atoms. The third kappa shape index (κ3) is 6.14. The fourth-order valence-electron chi connectivity index (χ4n) is 3.18. The zero-order valence-electron chi connectivity index (χ0n) is 15.2. The molecule has 3 rings (SSSR count). The van der Waals surface area contributed by atoms with E-state index in [1.54, 1.807) is 6.21 Å². The van der Waals surface area contributed by atoms with Crippen LogP contribution in [0.1, 0.15) is 31.7 Å². The quantitative estimate of drug-likeness (QED) is 0.453. The Balaban J connectivity index is 1.41. The van der Waals surface area contributed by atoms with E-state index in [2.05, 4.69) is 27.3 Å². The van der Waals surface area contributed by atoms with Gasteiger partial charge in [-0.15, -0.1) is 5.10 Å². The molecule has 1 unspecified atom stereocenters. The topological polar surface area (TPSA) is 66.3 Å². The van der Waals surface area contributed by atoms with Crippen molar-refractivity contribution in [1.82, 2.24) is 10.2 Å². The predicted molar refractivity (Wildman–Crippen MR) is 107 cm³/mol. The van der Waals surface area contributed by atoms with Crippen LogP contribution in [0.15, 0.2) is 34.5 Å². The highest BCUT2D eigenvalue weighted by atomic mass is 32.2. The number of amidine groups is 1. The number of likely N-dealkylation sites (tertiary alicyclic amines) is 1. The molecule has 0 aliphatic carbocycles. The number of hydrogen-bond donors (Lipinski definition) is 1. The molecule has 1 N–H and O–H groups in total. The lowest BCUT2D eigenvalue weighted by Crippen LogP contribution is -2.35. The molecule has 2 heterocycles. The van der Waals surface area contributed by atoms with Crippen molar-refractivity contribution in [3.63, 3.8) is 0 Å². The van der Waals surface area contributed by atoms with Crippen LogP contribution >= 0.6 is 11.8 Å². The van der Waals surface area contributed by atoms with E-state index >= 15 is 0 Å². The molecule has 1 atom stereocenters. The number of amides is 1. The van der Waals surface area contributed by atoms with Gasteiger partial charge in [0.15, 0.2) is 5.17 Å². The van der Waals surface area contributed by atoms with Gasteiger partial charge in [-0.3, -0.25) is 4.79 Å². The molecule has 1 aromatic carbocycles. The first-order valence-corrected chi connectivity index (χ1v) is 10.2. The standard InChI is InChI=1S/C19H26N4O2S/c1-15-5-3-8-23(13-15)9-4-10-25-17-7-2-6-16(11-17)12-20-22-19-21-18(24)14-26-19/h2,6-7,11-12,15H,3-5,8-10,13-14H2,1H3,(H,21,22,24). The van der Waals surface area contributed by atoms with Crippen molar-refractivity contribution < 1.29 is 9.53 Å². The van der Waals surface area contributed by atoms with E-state index in [-0.39, 0.29) is 5.91 Å². The molecule has 2 aliphatic heterocycles. The van der Waals surface area contributed by atoms with E-state index in [9.17, 15) is 4.79 Å². The minimum Gasteiger partial charge on any atom is -0.494 e. The van der Waals surface area contributed by atoms with Crippen LogP contribution < -0.4 is 10.1 Å². The third-order valence-electron chi connectivity index (χ3n) is 4.43. The average molecular weight is 375 g/mol. The van der Waals surface area contributed by atoms with Gasteiger partial charge in [0, 0.05) is 13.1 Å². The van der Waals surface area contributed by atoms with Gasteiger partial charge in [0.2, 0.25) is 5.91 Å². The van der Waals surface area contributed by atoms with Crippen LogP contribution in [0.25, 0.3) is 0 Å². The molecule has 0 saturated carbocycles. The second-order valence-corrected chi connectivity index (χ2v) is 7.77. The molecular formula is C19H26N4O2S. The normalized spacial score (nSPS) is 22.9. The van der Waals surface area contributed by atoms with Gasteiger partial charge in [-0.25, -0.2) is 0 Å². The van der Waals surface area contributed by atoms with E-state index < -0.39 is 0 Å². The van der Waals surface area contributed by atoms with Crippen molar-refractivity contribution in [2.45, 2.75) is 26.2 Å². The summed E-state index contributed by atoms with van der Waals surface area (Å²) in [6.45, 7) is 6.59. The van der Waals surface area contributed by atoms with Crippen molar-refractivity contribution in [2.24, 2.45) is 16.1 Å². The zero-order valence-corrected chi connectivity index (χ0v) is 16.0. The number of nitrogens with zero attached hydrogens (tertiary/aromatic N) is 3. The largest absolute Gasteiger partial charge is 0.494 e. The summed E-state index contributed by atoms with van der Waals surface area (Å²) in [7, 11) is 0. The highest BCUT2D eigenvalue weighted by Crippen LogP contribution is 2.16. The Bertz CT molecular complexity index is 677. The molecule has 2 fully saturated rings. The van der Waals surface area contributed by atoms with E-state index in [4.69, 9.17) is 4.74 Å². The van der Waals surface area contributed by atoms with Gasteiger partial charge in [-0.05, 0) is 49.4 Å². The number of thioether (sulfide) groups is 1. The Morgan fingerprint density at radius 2 is 2.38 bits per heavy atom. The first-order chi connectivity index (χ1) is 12.7. The molecule has 1 amide bonds. The summed E-state index contributed by atoms with van der Waals surface area (Å²) in [6, 6.07) is 7.81. The average Bonchev–Trinajstić information content (AvgIpc) is 3.04. The Labute approximate surface area is 159 Å². The zero-order chi connectivity index (χ0) is 18.2. The highest BCUT2D eigenvalue weighted by Gasteiger charge is 2.16. The lowest BCUT2D eigenvalue weighted by Gasteiger charge is -2.30. The maximum absolute atomic E-state index is 11.1. The minimum atomic E-state index is -0.0293. The molecule has 140 valence electrons. The van der Waals surface area contributed by atoms with Crippen molar-refractivity contribution in [3.8, 4) is 5.75 Å². The second kappa shape index (κ2) is 9.73. The van der Waals surface area contributed by atoms with Crippen LogP contribution in [0.4, 0.5) is 0 Å². The lowest BCUT2D eigenvalue weighted by molar-refractivity contribution is -0.116.